The molecule has 0 radical (unpaired) electrons. The molecule has 1 aromatic rings. The quantitative estimate of drug-likeness (QED) is 0.658. The van der Waals surface area contributed by atoms with Crippen LogP contribution in [0.1, 0.15) is 31.2 Å². The van der Waals surface area contributed by atoms with Crippen LogP contribution in [-0.2, 0) is 11.2 Å². The third-order valence-corrected chi connectivity index (χ3v) is 3.23. The summed E-state index contributed by atoms with van der Waals surface area (Å²) in [5, 5.41) is 13.8. The van der Waals surface area contributed by atoms with Crippen LogP contribution in [0.5, 0.6) is 0 Å². The molecule has 1 heterocycles. The molecule has 18 heavy (non-hydrogen) atoms. The van der Waals surface area contributed by atoms with Gasteiger partial charge in [-0.15, -0.1) is 0 Å². The van der Waals surface area contributed by atoms with Crippen molar-refractivity contribution in [2.45, 2.75) is 38.1 Å². The fourth-order valence-electron chi connectivity index (χ4n) is 2.33. The Morgan fingerprint density at radius 1 is 1.33 bits per heavy atom. The molecule has 1 atom stereocenters. The van der Waals surface area contributed by atoms with Gasteiger partial charge in [-0.3, -0.25) is 14.9 Å². The van der Waals surface area contributed by atoms with Crippen LogP contribution in [0.25, 0.3) is 0 Å². The van der Waals surface area contributed by atoms with Crippen LogP contribution in [0.2, 0.25) is 0 Å². The lowest BCUT2D eigenvalue weighted by molar-refractivity contribution is -0.385. The molecule has 0 bridgehead atoms. The molecule has 96 valence electrons. The second-order valence-corrected chi connectivity index (χ2v) is 4.60. The first-order chi connectivity index (χ1) is 8.66. The van der Waals surface area contributed by atoms with Gasteiger partial charge in [-0.25, -0.2) is 0 Å². The number of benzene rings is 1. The Labute approximate surface area is 105 Å². The summed E-state index contributed by atoms with van der Waals surface area (Å²) in [4.78, 5) is 22.0. The zero-order chi connectivity index (χ0) is 13.0. The Bertz CT molecular complexity index is 459. The van der Waals surface area contributed by atoms with E-state index in [1.807, 2.05) is 0 Å². The second-order valence-electron chi connectivity index (χ2n) is 4.60. The fraction of sp³-hybridized carbons (Fsp3) is 0.462. The first kappa shape index (κ1) is 12.5. The molecule has 1 aliphatic heterocycles. The van der Waals surface area contributed by atoms with Crippen molar-refractivity contribution in [1.29, 1.82) is 0 Å². The van der Waals surface area contributed by atoms with E-state index in [0.29, 0.717) is 18.4 Å². The molecule has 5 heteroatoms. The van der Waals surface area contributed by atoms with E-state index in [1.165, 1.54) is 6.07 Å². The normalized spacial score (nSPS) is 20.0. The lowest BCUT2D eigenvalue weighted by Gasteiger charge is -2.15. The van der Waals surface area contributed by atoms with E-state index in [9.17, 15) is 14.9 Å². The van der Waals surface area contributed by atoms with Gasteiger partial charge in [0.1, 0.15) is 0 Å². The third-order valence-electron chi connectivity index (χ3n) is 3.23. The van der Waals surface area contributed by atoms with Crippen LogP contribution < -0.4 is 5.32 Å². The lowest BCUT2D eigenvalue weighted by atomic mass is 10.0. The van der Waals surface area contributed by atoms with Crippen LogP contribution in [0, 0.1) is 10.1 Å². The van der Waals surface area contributed by atoms with Crippen molar-refractivity contribution in [3.63, 3.8) is 0 Å². The van der Waals surface area contributed by atoms with Crippen LogP contribution in [0.3, 0.4) is 0 Å². The van der Waals surface area contributed by atoms with E-state index >= 15 is 0 Å². The lowest BCUT2D eigenvalue weighted by Crippen LogP contribution is -2.34. The summed E-state index contributed by atoms with van der Waals surface area (Å²) in [6.07, 6.45) is 3.87. The SMILES string of the molecule is O=C1CCCCC(Cc2ccccc2[N+](=O)[O-])N1. The van der Waals surface area contributed by atoms with Gasteiger partial charge in [0.2, 0.25) is 5.91 Å². The van der Waals surface area contributed by atoms with Crippen LogP contribution in [-0.4, -0.2) is 16.9 Å². The molecule has 1 saturated heterocycles. The van der Waals surface area contributed by atoms with Gasteiger partial charge >= 0.3 is 0 Å². The number of nitro benzene ring substituents is 1. The third kappa shape index (κ3) is 3.06. The van der Waals surface area contributed by atoms with Crippen molar-refractivity contribution >= 4 is 11.6 Å². The molecule has 0 aliphatic carbocycles. The minimum absolute atomic E-state index is 0.0149. The van der Waals surface area contributed by atoms with Crippen molar-refractivity contribution in [3.8, 4) is 0 Å². The molecule has 1 aliphatic rings. The van der Waals surface area contributed by atoms with E-state index < -0.39 is 0 Å². The zero-order valence-electron chi connectivity index (χ0n) is 10.1. The molecular formula is C13H16N2O3. The number of hydrogen-bond donors (Lipinski definition) is 1. The summed E-state index contributed by atoms with van der Waals surface area (Å²) in [6, 6.07) is 6.73. The average molecular weight is 248 g/mol. The average Bonchev–Trinajstić information content (AvgIpc) is 2.54. The van der Waals surface area contributed by atoms with Crippen LogP contribution in [0.4, 0.5) is 5.69 Å². The number of carbonyl (C=O) groups is 1. The van der Waals surface area contributed by atoms with Gasteiger partial charge in [-0.05, 0) is 19.3 Å². The zero-order valence-corrected chi connectivity index (χ0v) is 10.1. The van der Waals surface area contributed by atoms with Gasteiger partial charge in [-0.2, -0.15) is 0 Å². The highest BCUT2D eigenvalue weighted by atomic mass is 16.6. The fourth-order valence-corrected chi connectivity index (χ4v) is 2.33. The molecule has 0 saturated carbocycles. The van der Waals surface area contributed by atoms with Crippen molar-refractivity contribution in [1.82, 2.24) is 5.32 Å². The van der Waals surface area contributed by atoms with Crippen molar-refractivity contribution in [2.24, 2.45) is 0 Å². The molecular weight excluding hydrogens is 232 g/mol. The summed E-state index contributed by atoms with van der Waals surface area (Å²) in [6.45, 7) is 0. The minimum Gasteiger partial charge on any atom is -0.353 e. The number of nitrogens with zero attached hydrogens (tertiary/aromatic N) is 1. The minimum atomic E-state index is -0.367. The van der Waals surface area contributed by atoms with Gasteiger partial charge in [0.15, 0.2) is 0 Å². The molecule has 1 fully saturated rings. The van der Waals surface area contributed by atoms with Gasteiger partial charge < -0.3 is 5.32 Å². The number of para-hydroxylation sites is 1. The summed E-state index contributed by atoms with van der Waals surface area (Å²) in [5.41, 5.74) is 0.825. The van der Waals surface area contributed by atoms with E-state index in [-0.39, 0.29) is 22.6 Å². The predicted molar refractivity (Wildman–Crippen MR) is 67.2 cm³/mol. The summed E-state index contributed by atoms with van der Waals surface area (Å²) in [7, 11) is 0. The Morgan fingerprint density at radius 2 is 2.11 bits per heavy atom. The molecule has 1 N–H and O–H groups in total. The van der Waals surface area contributed by atoms with Gasteiger partial charge in [0.25, 0.3) is 5.69 Å². The molecule has 0 spiro atoms. The Hall–Kier alpha value is -1.91. The molecule has 1 amide bonds. The number of carbonyl (C=O) groups excluding carboxylic acids is 1. The van der Waals surface area contributed by atoms with Crippen molar-refractivity contribution < 1.29 is 9.72 Å². The van der Waals surface area contributed by atoms with Crippen LogP contribution in [0.15, 0.2) is 24.3 Å². The van der Waals surface area contributed by atoms with E-state index in [2.05, 4.69) is 5.32 Å². The molecule has 0 aromatic heterocycles. The second kappa shape index (κ2) is 5.62. The topological polar surface area (TPSA) is 72.2 Å². The van der Waals surface area contributed by atoms with Gasteiger partial charge in [-0.1, -0.05) is 24.6 Å². The number of hydrogen-bond acceptors (Lipinski definition) is 3. The Balaban J connectivity index is 2.13. The molecule has 1 unspecified atom stereocenters. The highest BCUT2D eigenvalue weighted by Crippen LogP contribution is 2.21. The largest absolute Gasteiger partial charge is 0.353 e. The van der Waals surface area contributed by atoms with E-state index in [1.54, 1.807) is 18.2 Å². The van der Waals surface area contributed by atoms with E-state index in [4.69, 9.17) is 0 Å². The molecule has 5 nitrogen and oxygen atoms in total. The summed E-state index contributed by atoms with van der Waals surface area (Å²) >= 11 is 0. The standard InChI is InChI=1S/C13H16N2O3/c16-13-8-4-2-6-11(14-13)9-10-5-1-3-7-12(10)15(17)18/h1,3,5,7,11H,2,4,6,8-9H2,(H,14,16). The first-order valence-corrected chi connectivity index (χ1v) is 6.18. The number of amides is 1. The maximum absolute atomic E-state index is 11.5. The van der Waals surface area contributed by atoms with Crippen LogP contribution >= 0.6 is 0 Å². The highest BCUT2D eigenvalue weighted by molar-refractivity contribution is 5.76. The van der Waals surface area contributed by atoms with Crippen molar-refractivity contribution in [3.05, 3.63) is 39.9 Å². The van der Waals surface area contributed by atoms with Crippen molar-refractivity contribution in [2.75, 3.05) is 0 Å². The number of nitro groups is 1. The Kier molecular flexibility index (Phi) is 3.92. The van der Waals surface area contributed by atoms with Gasteiger partial charge in [0.05, 0.1) is 4.92 Å². The smallest absolute Gasteiger partial charge is 0.272 e. The summed E-state index contributed by atoms with van der Waals surface area (Å²) < 4.78 is 0. The summed E-state index contributed by atoms with van der Waals surface area (Å²) in [5.74, 6) is 0.0519. The number of rotatable bonds is 3. The highest BCUT2D eigenvalue weighted by Gasteiger charge is 2.20. The first-order valence-electron chi connectivity index (χ1n) is 6.18. The monoisotopic (exact) mass is 248 g/mol. The molecule has 2 rings (SSSR count). The maximum Gasteiger partial charge on any atom is 0.272 e. The number of nitrogens with one attached hydrogen (secondary N) is 1. The predicted octanol–water partition coefficient (Wildman–Crippen LogP) is 2.20. The Morgan fingerprint density at radius 3 is 2.89 bits per heavy atom. The maximum atomic E-state index is 11.5. The van der Waals surface area contributed by atoms with Gasteiger partial charge in [0, 0.05) is 24.1 Å². The van der Waals surface area contributed by atoms with E-state index in [0.717, 1.165) is 19.3 Å². The molecule has 1 aromatic carbocycles.